The molecule has 0 spiro atoms. The lowest BCUT2D eigenvalue weighted by Crippen LogP contribution is -2.28. The van der Waals surface area contributed by atoms with Gasteiger partial charge in [0.05, 0.1) is 12.4 Å². The number of aliphatic hydroxyl groups is 1. The first-order chi connectivity index (χ1) is 14.2. The second-order valence-corrected chi connectivity index (χ2v) is 10.7. The van der Waals surface area contributed by atoms with Crippen molar-refractivity contribution < 1.29 is 51.7 Å². The van der Waals surface area contributed by atoms with Gasteiger partial charge in [-0.15, -0.1) is 4.31 Å². The summed E-state index contributed by atoms with van der Waals surface area (Å²) in [7, 11) is -10.8. The average molecular weight is 501 g/mol. The first kappa shape index (κ1) is 24.4. The molecule has 7 N–H and O–H groups in total. The van der Waals surface area contributed by atoms with Crippen LogP contribution in [0.4, 0.5) is 5.95 Å². The number of nitrogens with one attached hydrogen (secondary N) is 1. The Labute approximate surface area is 173 Å². The maximum absolute atomic E-state index is 12.0. The zero-order chi connectivity index (χ0) is 23.2. The van der Waals surface area contributed by atoms with Gasteiger partial charge in [0.15, 0.2) is 19.0 Å². The Morgan fingerprint density at radius 2 is 2.13 bits per heavy atom. The third-order valence-electron chi connectivity index (χ3n) is 3.81. The van der Waals surface area contributed by atoms with E-state index < -0.39 is 54.1 Å². The number of imidazole rings is 1. The molecule has 3 heterocycles. The number of aromatic nitrogens is 4. The Hall–Kier alpha value is -1.26. The highest BCUT2D eigenvalue weighted by molar-refractivity contribution is 7.88. The van der Waals surface area contributed by atoms with Crippen molar-refractivity contribution in [2.24, 2.45) is 0 Å². The van der Waals surface area contributed by atoms with E-state index >= 15 is 0 Å². The number of nitrogen functional groups attached to an aromatic ring is 1. The summed E-state index contributed by atoms with van der Waals surface area (Å²) in [6.07, 6.45) is -2.12. The van der Waals surface area contributed by atoms with Gasteiger partial charge in [-0.25, -0.2) is 18.6 Å². The molecule has 1 aliphatic rings. The minimum absolute atomic E-state index is 0.0318. The third kappa shape index (κ3) is 6.17. The van der Waals surface area contributed by atoms with Gasteiger partial charge in [0.2, 0.25) is 5.95 Å². The van der Waals surface area contributed by atoms with Crippen LogP contribution in [0, 0.1) is 0 Å². The van der Waals surface area contributed by atoms with E-state index in [1.165, 1.54) is 10.9 Å². The van der Waals surface area contributed by atoms with Crippen LogP contribution in [0.5, 0.6) is 0 Å². The molecule has 0 aromatic carbocycles. The SMILES string of the molecule is [B][P+]([O-])(OC[C@H]1O[C@@H](n2cnc3c(=O)[nH]c(N)nc32)C[C@@H]1O)OP(=O)(O)OP(=O)(O)O. The lowest BCUT2D eigenvalue weighted by atomic mass is 10.2. The predicted octanol–water partition coefficient (Wildman–Crippen LogP) is -2.20. The number of hydrogen-bond donors (Lipinski definition) is 6. The molecule has 3 rings (SSSR count). The van der Waals surface area contributed by atoms with Crippen molar-refractivity contribution in [2.75, 3.05) is 12.3 Å². The fourth-order valence-electron chi connectivity index (χ4n) is 2.68. The highest BCUT2D eigenvalue weighted by Gasteiger charge is 2.44. The summed E-state index contributed by atoms with van der Waals surface area (Å²) in [4.78, 5) is 60.2. The standard InChI is InChI=1S/C10H15BN5O12P3/c11-29(19,27-31(23,24)28-30(20,21)22)25-2-5-4(17)1-6(26-5)16-3-13-7-8(16)14-10(12)15-9(7)18/h3-6,17H,1-2H2,(H,23,24)(H2,20,21,22)(H3,12,14,15,18)/t4-,5+,6+,29?/m0/s1. The molecule has 2 radical (unpaired) electrons. The van der Waals surface area contributed by atoms with Crippen molar-refractivity contribution in [1.82, 2.24) is 19.5 Å². The Kier molecular flexibility index (Phi) is 6.76. The molecule has 2 aromatic heterocycles. The van der Waals surface area contributed by atoms with Gasteiger partial charge in [-0.05, 0) is 0 Å². The number of aromatic amines is 1. The number of fused-ring (bicyclic) bond motifs is 1. The van der Waals surface area contributed by atoms with E-state index in [1.54, 1.807) is 0 Å². The highest BCUT2D eigenvalue weighted by atomic mass is 31.3. The minimum atomic E-state index is -5.55. The van der Waals surface area contributed by atoms with Gasteiger partial charge < -0.3 is 35.2 Å². The molecule has 170 valence electrons. The summed E-state index contributed by atoms with van der Waals surface area (Å²) in [5.41, 5.74) is 4.96. The molecule has 0 aliphatic carbocycles. The first-order valence-corrected chi connectivity index (χ1v) is 12.7. The number of anilines is 1. The second-order valence-electron chi connectivity index (χ2n) is 6.17. The van der Waals surface area contributed by atoms with Crippen molar-refractivity contribution in [3.05, 3.63) is 16.7 Å². The van der Waals surface area contributed by atoms with Gasteiger partial charge in [-0.2, -0.15) is 9.29 Å². The van der Waals surface area contributed by atoms with E-state index in [-0.39, 0.29) is 23.5 Å². The van der Waals surface area contributed by atoms with Crippen LogP contribution in [-0.2, 0) is 27.0 Å². The summed E-state index contributed by atoms with van der Waals surface area (Å²) in [5, 5.41) is 10.2. The van der Waals surface area contributed by atoms with Crippen LogP contribution in [0.3, 0.4) is 0 Å². The Morgan fingerprint density at radius 1 is 1.45 bits per heavy atom. The Morgan fingerprint density at radius 3 is 2.77 bits per heavy atom. The van der Waals surface area contributed by atoms with E-state index in [9.17, 15) is 28.8 Å². The molecule has 2 unspecified atom stereocenters. The van der Waals surface area contributed by atoms with Crippen LogP contribution in [0.2, 0.25) is 0 Å². The van der Waals surface area contributed by atoms with E-state index in [1.807, 2.05) is 0 Å². The first-order valence-electron chi connectivity index (χ1n) is 8.06. The Balaban J connectivity index is 1.66. The molecule has 5 atom stereocenters. The molecule has 2 aromatic rings. The minimum Gasteiger partial charge on any atom is -0.646 e. The van der Waals surface area contributed by atoms with Gasteiger partial charge in [0, 0.05) is 6.42 Å². The molecule has 31 heavy (non-hydrogen) atoms. The van der Waals surface area contributed by atoms with E-state index in [0.29, 0.717) is 0 Å². The molecule has 1 aliphatic heterocycles. The smallest absolute Gasteiger partial charge is 0.515 e. The molecule has 17 nitrogen and oxygen atoms in total. The lowest BCUT2D eigenvalue weighted by molar-refractivity contribution is -0.206. The molecular formula is C10H15BN5O12P3. The topological polar surface area (TPSA) is 265 Å². The molecule has 0 bridgehead atoms. The van der Waals surface area contributed by atoms with Gasteiger partial charge in [0.25, 0.3) is 5.56 Å². The van der Waals surface area contributed by atoms with Gasteiger partial charge in [-0.1, -0.05) is 0 Å². The number of hydrogen-bond acceptors (Lipinski definition) is 12. The molecule has 21 heteroatoms. The fourth-order valence-corrected chi connectivity index (χ4v) is 5.84. The van der Waals surface area contributed by atoms with E-state index in [4.69, 9.17) is 27.8 Å². The summed E-state index contributed by atoms with van der Waals surface area (Å²) in [6.45, 7) is -0.718. The van der Waals surface area contributed by atoms with E-state index in [0.717, 1.165) is 0 Å². The van der Waals surface area contributed by atoms with Crippen LogP contribution < -0.4 is 16.2 Å². The van der Waals surface area contributed by atoms with E-state index in [2.05, 4.69) is 28.1 Å². The highest BCUT2D eigenvalue weighted by Crippen LogP contribution is 2.67. The summed E-state index contributed by atoms with van der Waals surface area (Å²) in [6, 6.07) is 0. The number of ether oxygens (including phenoxy) is 1. The number of phosphoric acid groups is 2. The average Bonchev–Trinajstić information content (AvgIpc) is 3.13. The van der Waals surface area contributed by atoms with Crippen molar-refractivity contribution in [3.8, 4) is 0 Å². The zero-order valence-corrected chi connectivity index (χ0v) is 17.8. The van der Waals surface area contributed by atoms with Gasteiger partial charge >= 0.3 is 23.2 Å². The molecule has 1 fully saturated rings. The summed E-state index contributed by atoms with van der Waals surface area (Å²) in [5.74, 6) is -0.176. The monoisotopic (exact) mass is 501 g/mol. The zero-order valence-electron chi connectivity index (χ0n) is 15.1. The number of rotatable bonds is 8. The van der Waals surface area contributed by atoms with Crippen LogP contribution in [0.25, 0.3) is 11.2 Å². The van der Waals surface area contributed by atoms with Crippen molar-refractivity contribution >= 4 is 48.1 Å². The second kappa shape index (κ2) is 8.59. The number of nitrogens with zero attached hydrogens (tertiary/aromatic N) is 3. The number of nitrogens with two attached hydrogens (primary N) is 1. The number of H-pyrrole nitrogens is 1. The number of aliphatic hydroxyl groups excluding tert-OH is 1. The third-order valence-corrected chi connectivity index (χ3v) is 7.73. The fraction of sp³-hybridized carbons (Fsp3) is 0.500. The lowest BCUT2D eigenvalue weighted by Gasteiger charge is -2.26. The quantitative estimate of drug-likeness (QED) is 0.166. The summed E-state index contributed by atoms with van der Waals surface area (Å²) >= 11 is 0. The largest absolute Gasteiger partial charge is 0.646 e. The van der Waals surface area contributed by atoms with Crippen LogP contribution in [0.1, 0.15) is 12.6 Å². The predicted molar refractivity (Wildman–Crippen MR) is 99.8 cm³/mol. The van der Waals surface area contributed by atoms with Crippen molar-refractivity contribution in [1.29, 1.82) is 0 Å². The van der Waals surface area contributed by atoms with Crippen LogP contribution in [0.15, 0.2) is 11.1 Å². The van der Waals surface area contributed by atoms with Gasteiger partial charge in [0.1, 0.15) is 18.9 Å². The maximum atomic E-state index is 12.0. The summed E-state index contributed by atoms with van der Waals surface area (Å²) < 4.78 is 41.0. The molecular weight excluding hydrogens is 486 g/mol. The normalized spacial score (nSPS) is 26.0. The van der Waals surface area contributed by atoms with Crippen molar-refractivity contribution in [2.45, 2.75) is 24.9 Å². The van der Waals surface area contributed by atoms with Crippen LogP contribution >= 0.6 is 23.5 Å². The van der Waals surface area contributed by atoms with Crippen molar-refractivity contribution in [3.63, 3.8) is 0 Å². The van der Waals surface area contributed by atoms with Crippen LogP contribution in [-0.4, -0.2) is 65.7 Å². The van der Waals surface area contributed by atoms with Gasteiger partial charge in [-0.3, -0.25) is 14.3 Å². The molecule has 1 saturated heterocycles. The Bertz CT molecular complexity index is 1120. The molecule has 0 amide bonds. The maximum Gasteiger partial charge on any atom is 0.515 e. The molecule has 0 saturated carbocycles.